The van der Waals surface area contributed by atoms with Crippen LogP contribution < -0.4 is 9.47 Å². The van der Waals surface area contributed by atoms with E-state index >= 15 is 0 Å². The van der Waals surface area contributed by atoms with E-state index in [1.54, 1.807) is 24.3 Å². The molecule has 4 nitrogen and oxygen atoms in total. The molecule has 0 saturated heterocycles. The first-order valence-corrected chi connectivity index (χ1v) is 6.91. The Balaban J connectivity index is 2.18. The zero-order valence-corrected chi connectivity index (χ0v) is 12.9. The molecule has 5 heteroatoms. The van der Waals surface area contributed by atoms with Crippen molar-refractivity contribution < 1.29 is 14.3 Å². The topological polar surface area (TPSA) is 59.3 Å². The molecule has 0 aliphatic carbocycles. The first-order chi connectivity index (χ1) is 10.2. The summed E-state index contributed by atoms with van der Waals surface area (Å²) in [6, 6.07) is 12.5. The second-order valence-corrected chi connectivity index (χ2v) is 5.09. The monoisotopic (exact) mass is 345 g/mol. The minimum Gasteiger partial charge on any atom is -0.493 e. The van der Waals surface area contributed by atoms with Crippen molar-refractivity contribution in [3.8, 4) is 17.6 Å². The number of nitriles is 1. The number of rotatable bonds is 5. The van der Waals surface area contributed by atoms with E-state index < -0.39 is 0 Å². The molecule has 0 aliphatic heterocycles. The van der Waals surface area contributed by atoms with Gasteiger partial charge >= 0.3 is 0 Å². The molecule has 0 radical (unpaired) electrons. The maximum Gasteiger partial charge on any atom is 0.162 e. The molecule has 0 amide bonds. The summed E-state index contributed by atoms with van der Waals surface area (Å²) >= 11 is 3.30. The summed E-state index contributed by atoms with van der Waals surface area (Å²) in [5.74, 6) is 1.04. The van der Waals surface area contributed by atoms with Gasteiger partial charge in [0, 0.05) is 10.0 Å². The summed E-state index contributed by atoms with van der Waals surface area (Å²) in [6.45, 7) is 0.321. The van der Waals surface area contributed by atoms with Gasteiger partial charge in [-0.15, -0.1) is 0 Å². The number of carbonyl (C=O) groups is 1. The van der Waals surface area contributed by atoms with E-state index in [-0.39, 0.29) is 0 Å². The number of hydrogen-bond acceptors (Lipinski definition) is 4. The Kier molecular flexibility index (Phi) is 4.96. The lowest BCUT2D eigenvalue weighted by atomic mass is 10.1. The second-order valence-electron chi connectivity index (χ2n) is 4.24. The van der Waals surface area contributed by atoms with Gasteiger partial charge in [-0.05, 0) is 45.8 Å². The minimum absolute atomic E-state index is 0.321. The van der Waals surface area contributed by atoms with Crippen molar-refractivity contribution in [3.63, 3.8) is 0 Å². The highest BCUT2D eigenvalue weighted by Crippen LogP contribution is 2.33. The fourth-order valence-corrected chi connectivity index (χ4v) is 2.17. The van der Waals surface area contributed by atoms with Gasteiger partial charge in [0.05, 0.1) is 18.7 Å². The average Bonchev–Trinajstić information content (AvgIpc) is 2.53. The Morgan fingerprint density at radius 3 is 2.52 bits per heavy atom. The third kappa shape index (κ3) is 3.61. The van der Waals surface area contributed by atoms with Gasteiger partial charge in [-0.3, -0.25) is 4.79 Å². The van der Waals surface area contributed by atoms with E-state index in [9.17, 15) is 4.79 Å². The Morgan fingerprint density at radius 2 is 1.95 bits per heavy atom. The Hall–Kier alpha value is -2.32. The molecule has 0 aliphatic rings. The van der Waals surface area contributed by atoms with Gasteiger partial charge in [-0.2, -0.15) is 5.26 Å². The lowest BCUT2D eigenvalue weighted by Gasteiger charge is -2.12. The molecular formula is C16H12BrNO3. The molecule has 0 unspecified atom stereocenters. The van der Waals surface area contributed by atoms with Crippen LogP contribution in [0.3, 0.4) is 0 Å². The average molecular weight is 346 g/mol. The molecule has 2 aromatic carbocycles. The molecule has 0 atom stereocenters. The van der Waals surface area contributed by atoms with Gasteiger partial charge in [-0.25, -0.2) is 0 Å². The van der Waals surface area contributed by atoms with Crippen molar-refractivity contribution in [2.75, 3.05) is 7.11 Å². The van der Waals surface area contributed by atoms with Crippen LogP contribution in [0.2, 0.25) is 0 Å². The van der Waals surface area contributed by atoms with Gasteiger partial charge in [0.15, 0.2) is 17.8 Å². The highest BCUT2D eigenvalue weighted by molar-refractivity contribution is 9.10. The molecule has 0 saturated carbocycles. The van der Waals surface area contributed by atoms with Gasteiger partial charge in [0.25, 0.3) is 0 Å². The van der Waals surface area contributed by atoms with E-state index in [0.29, 0.717) is 33.7 Å². The predicted molar refractivity (Wildman–Crippen MR) is 81.6 cm³/mol. The molecule has 0 N–H and O–H groups in total. The largest absolute Gasteiger partial charge is 0.493 e. The maximum atomic E-state index is 11.0. The van der Waals surface area contributed by atoms with Crippen molar-refractivity contribution in [1.82, 2.24) is 0 Å². The van der Waals surface area contributed by atoms with Crippen molar-refractivity contribution in [3.05, 3.63) is 57.6 Å². The Bertz CT molecular complexity index is 690. The number of ether oxygens (including phenoxy) is 2. The third-order valence-corrected chi connectivity index (χ3v) is 3.57. The van der Waals surface area contributed by atoms with Gasteiger partial charge in [-0.1, -0.05) is 12.1 Å². The molecule has 0 aromatic heterocycles. The van der Waals surface area contributed by atoms with Crippen LogP contribution >= 0.6 is 15.9 Å². The third-order valence-electron chi connectivity index (χ3n) is 2.89. The Morgan fingerprint density at radius 1 is 1.24 bits per heavy atom. The standard InChI is InChI=1S/C16H12BrNO3/c1-20-15-7-14(17)13(9-19)6-16(15)21-10-12-4-2-11(8-18)3-5-12/h2-7,9H,10H2,1H3. The van der Waals surface area contributed by atoms with Gasteiger partial charge < -0.3 is 9.47 Å². The maximum absolute atomic E-state index is 11.0. The zero-order valence-electron chi connectivity index (χ0n) is 11.3. The summed E-state index contributed by atoms with van der Waals surface area (Å²) in [5.41, 5.74) is 2.01. The summed E-state index contributed by atoms with van der Waals surface area (Å²) in [5, 5.41) is 8.75. The van der Waals surface area contributed by atoms with Crippen LogP contribution in [0.25, 0.3) is 0 Å². The van der Waals surface area contributed by atoms with Crippen molar-refractivity contribution >= 4 is 22.2 Å². The molecule has 0 spiro atoms. The molecule has 0 bridgehead atoms. The normalized spacial score (nSPS) is 9.76. The second kappa shape index (κ2) is 6.91. The fraction of sp³-hybridized carbons (Fsp3) is 0.125. The molecule has 2 aromatic rings. The summed E-state index contributed by atoms with van der Waals surface area (Å²) in [4.78, 5) is 11.0. The van der Waals surface area contributed by atoms with E-state index in [2.05, 4.69) is 22.0 Å². The molecular weight excluding hydrogens is 334 g/mol. The summed E-state index contributed by atoms with van der Waals surface area (Å²) in [7, 11) is 1.54. The summed E-state index contributed by atoms with van der Waals surface area (Å²) < 4.78 is 11.6. The lowest BCUT2D eigenvalue weighted by Crippen LogP contribution is -1.99. The zero-order chi connectivity index (χ0) is 15.2. The highest BCUT2D eigenvalue weighted by atomic mass is 79.9. The SMILES string of the molecule is COc1cc(Br)c(C=O)cc1OCc1ccc(C#N)cc1. The van der Waals surface area contributed by atoms with Crippen LogP contribution in [0.4, 0.5) is 0 Å². The van der Waals surface area contributed by atoms with E-state index in [1.165, 1.54) is 7.11 Å². The van der Waals surface area contributed by atoms with Gasteiger partial charge in [0.1, 0.15) is 6.61 Å². The number of hydrogen-bond donors (Lipinski definition) is 0. The predicted octanol–water partition coefficient (Wildman–Crippen LogP) is 3.72. The van der Waals surface area contributed by atoms with Crippen LogP contribution in [-0.4, -0.2) is 13.4 Å². The van der Waals surface area contributed by atoms with E-state index in [4.69, 9.17) is 14.7 Å². The molecule has 0 heterocycles. The van der Waals surface area contributed by atoms with Crippen LogP contribution in [0.1, 0.15) is 21.5 Å². The van der Waals surface area contributed by atoms with E-state index in [1.807, 2.05) is 12.1 Å². The van der Waals surface area contributed by atoms with Crippen molar-refractivity contribution in [1.29, 1.82) is 5.26 Å². The first kappa shape index (κ1) is 15.1. The molecule has 21 heavy (non-hydrogen) atoms. The molecule has 106 valence electrons. The highest BCUT2D eigenvalue weighted by Gasteiger charge is 2.10. The van der Waals surface area contributed by atoms with Crippen LogP contribution in [0.15, 0.2) is 40.9 Å². The van der Waals surface area contributed by atoms with E-state index in [0.717, 1.165) is 11.8 Å². The number of aldehydes is 1. The van der Waals surface area contributed by atoms with Crippen LogP contribution in [0, 0.1) is 11.3 Å². The number of benzene rings is 2. The molecule has 2 rings (SSSR count). The smallest absolute Gasteiger partial charge is 0.162 e. The summed E-state index contributed by atoms with van der Waals surface area (Å²) in [6.07, 6.45) is 0.748. The number of nitrogens with zero attached hydrogens (tertiary/aromatic N) is 1. The number of carbonyl (C=O) groups excluding carboxylic acids is 1. The fourth-order valence-electron chi connectivity index (χ4n) is 1.75. The first-order valence-electron chi connectivity index (χ1n) is 6.12. The number of halogens is 1. The molecule has 0 fully saturated rings. The lowest BCUT2D eigenvalue weighted by molar-refractivity contribution is 0.112. The van der Waals surface area contributed by atoms with Crippen LogP contribution in [0.5, 0.6) is 11.5 Å². The van der Waals surface area contributed by atoms with Gasteiger partial charge in [0.2, 0.25) is 0 Å². The number of methoxy groups -OCH3 is 1. The van der Waals surface area contributed by atoms with Crippen molar-refractivity contribution in [2.24, 2.45) is 0 Å². The minimum atomic E-state index is 0.321. The Labute approximate surface area is 131 Å². The van der Waals surface area contributed by atoms with Crippen LogP contribution in [-0.2, 0) is 6.61 Å². The van der Waals surface area contributed by atoms with Crippen molar-refractivity contribution in [2.45, 2.75) is 6.61 Å². The quantitative estimate of drug-likeness (QED) is 0.775.